The van der Waals surface area contributed by atoms with Gasteiger partial charge in [-0.2, -0.15) is 4.99 Å². The lowest BCUT2D eigenvalue weighted by Crippen LogP contribution is -2.44. The molecule has 0 saturated carbocycles. The summed E-state index contributed by atoms with van der Waals surface area (Å²) in [6.07, 6.45) is 3.54. The number of benzene rings is 1. The first-order valence-electron chi connectivity index (χ1n) is 9.06. The van der Waals surface area contributed by atoms with Crippen LogP contribution in [0.25, 0.3) is 6.08 Å². The predicted molar refractivity (Wildman–Crippen MR) is 103 cm³/mol. The van der Waals surface area contributed by atoms with E-state index in [0.717, 1.165) is 36.9 Å². The fourth-order valence-electron chi connectivity index (χ4n) is 3.98. The van der Waals surface area contributed by atoms with Gasteiger partial charge in [-0.15, -0.1) is 0 Å². The van der Waals surface area contributed by atoms with Gasteiger partial charge in [0, 0.05) is 19.2 Å². The zero-order valence-corrected chi connectivity index (χ0v) is 15.8. The number of thioether (sulfide) groups is 1. The van der Waals surface area contributed by atoms with E-state index in [1.807, 2.05) is 6.92 Å². The standard InChI is InChI=1S/C20H19N3O3S/c1-13-10-15(22-26-13)11-17-18(24)21-19(27-17)23-8-6-20(7-9-23)16-5-3-2-4-14(16)12-25-20/h2-5,10-11H,6-9,12H2,1H3. The number of amidine groups is 1. The van der Waals surface area contributed by atoms with Gasteiger partial charge in [-0.1, -0.05) is 29.4 Å². The first-order chi connectivity index (χ1) is 13.1. The topological polar surface area (TPSA) is 67.9 Å². The van der Waals surface area contributed by atoms with Crippen molar-refractivity contribution in [1.29, 1.82) is 0 Å². The number of rotatable bonds is 1. The van der Waals surface area contributed by atoms with Crippen molar-refractivity contribution in [3.8, 4) is 0 Å². The molecular weight excluding hydrogens is 362 g/mol. The zero-order valence-electron chi connectivity index (χ0n) is 15.0. The molecule has 138 valence electrons. The Morgan fingerprint density at radius 2 is 2.07 bits per heavy atom. The van der Waals surface area contributed by atoms with Crippen LogP contribution < -0.4 is 0 Å². The Labute approximate surface area is 161 Å². The fraction of sp³-hybridized carbons (Fsp3) is 0.350. The minimum absolute atomic E-state index is 0.183. The van der Waals surface area contributed by atoms with Crippen LogP contribution in [0.4, 0.5) is 0 Å². The lowest BCUT2D eigenvalue weighted by molar-refractivity contribution is -0.113. The van der Waals surface area contributed by atoms with E-state index < -0.39 is 0 Å². The van der Waals surface area contributed by atoms with Crippen molar-refractivity contribution in [2.24, 2.45) is 4.99 Å². The lowest BCUT2D eigenvalue weighted by Gasteiger charge is -2.39. The predicted octanol–water partition coefficient (Wildman–Crippen LogP) is 3.47. The van der Waals surface area contributed by atoms with Gasteiger partial charge in [-0.05, 0) is 48.7 Å². The summed E-state index contributed by atoms with van der Waals surface area (Å²) < 4.78 is 11.3. The smallest absolute Gasteiger partial charge is 0.286 e. The molecule has 1 saturated heterocycles. The molecule has 0 atom stereocenters. The van der Waals surface area contributed by atoms with Gasteiger partial charge in [0.25, 0.3) is 5.91 Å². The summed E-state index contributed by atoms with van der Waals surface area (Å²) in [5.41, 5.74) is 3.08. The normalized spacial score (nSPS) is 22.6. The van der Waals surface area contributed by atoms with Crippen LogP contribution in [0.2, 0.25) is 0 Å². The third-order valence-corrected chi connectivity index (χ3v) is 6.43. The highest BCUT2D eigenvalue weighted by Crippen LogP contribution is 2.45. The molecule has 27 heavy (non-hydrogen) atoms. The molecule has 3 aliphatic rings. The summed E-state index contributed by atoms with van der Waals surface area (Å²) >= 11 is 1.41. The summed E-state index contributed by atoms with van der Waals surface area (Å²) in [7, 11) is 0. The maximum absolute atomic E-state index is 12.3. The molecule has 1 spiro atoms. The van der Waals surface area contributed by atoms with Crippen LogP contribution in [-0.2, 0) is 21.7 Å². The number of aliphatic imine (C=N–C) groups is 1. The number of carbonyl (C=O) groups is 1. The molecule has 0 unspecified atom stereocenters. The van der Waals surface area contributed by atoms with E-state index in [4.69, 9.17) is 9.26 Å². The highest BCUT2D eigenvalue weighted by molar-refractivity contribution is 8.18. The molecule has 0 N–H and O–H groups in total. The summed E-state index contributed by atoms with van der Waals surface area (Å²) in [4.78, 5) is 19.3. The number of hydrogen-bond acceptors (Lipinski definition) is 6. The largest absolute Gasteiger partial charge is 0.365 e. The maximum atomic E-state index is 12.3. The molecule has 1 aromatic carbocycles. The van der Waals surface area contributed by atoms with Gasteiger partial charge in [-0.3, -0.25) is 4.79 Å². The Bertz CT molecular complexity index is 970. The summed E-state index contributed by atoms with van der Waals surface area (Å²) in [5, 5.41) is 4.69. The average Bonchev–Trinajstić information content (AvgIpc) is 3.36. The summed E-state index contributed by atoms with van der Waals surface area (Å²) in [6, 6.07) is 10.3. The van der Waals surface area contributed by atoms with E-state index in [0.29, 0.717) is 17.2 Å². The van der Waals surface area contributed by atoms with Crippen LogP contribution in [-0.4, -0.2) is 34.2 Å². The van der Waals surface area contributed by atoms with Crippen molar-refractivity contribution < 1.29 is 14.1 Å². The number of piperidine rings is 1. The van der Waals surface area contributed by atoms with E-state index in [9.17, 15) is 4.79 Å². The quantitative estimate of drug-likeness (QED) is 0.705. The maximum Gasteiger partial charge on any atom is 0.286 e. The molecule has 5 rings (SSSR count). The van der Waals surface area contributed by atoms with Gasteiger partial charge in [0.1, 0.15) is 11.5 Å². The molecule has 0 bridgehead atoms. The third-order valence-electron chi connectivity index (χ3n) is 5.39. The lowest BCUT2D eigenvalue weighted by atomic mass is 9.84. The third kappa shape index (κ3) is 2.91. The molecule has 3 aliphatic heterocycles. The van der Waals surface area contributed by atoms with Gasteiger partial charge in [0.05, 0.1) is 17.1 Å². The molecule has 6 nitrogen and oxygen atoms in total. The van der Waals surface area contributed by atoms with E-state index in [-0.39, 0.29) is 11.5 Å². The van der Waals surface area contributed by atoms with Crippen LogP contribution in [0.1, 0.15) is 35.4 Å². The Morgan fingerprint density at radius 3 is 2.85 bits per heavy atom. The van der Waals surface area contributed by atoms with Crippen LogP contribution in [0.5, 0.6) is 0 Å². The van der Waals surface area contributed by atoms with E-state index in [1.54, 1.807) is 12.1 Å². The van der Waals surface area contributed by atoms with Crippen molar-refractivity contribution in [1.82, 2.24) is 10.1 Å². The number of nitrogens with zero attached hydrogens (tertiary/aromatic N) is 3. The Morgan fingerprint density at radius 1 is 1.26 bits per heavy atom. The monoisotopic (exact) mass is 381 g/mol. The van der Waals surface area contributed by atoms with Gasteiger partial charge in [-0.25, -0.2) is 0 Å². The van der Waals surface area contributed by atoms with E-state index in [1.165, 1.54) is 22.9 Å². The summed E-state index contributed by atoms with van der Waals surface area (Å²) in [5.74, 6) is 0.509. The highest BCUT2D eigenvalue weighted by atomic mass is 32.2. The minimum Gasteiger partial charge on any atom is -0.365 e. The van der Waals surface area contributed by atoms with Crippen LogP contribution in [0.15, 0.2) is 44.8 Å². The van der Waals surface area contributed by atoms with Crippen molar-refractivity contribution in [3.63, 3.8) is 0 Å². The second-order valence-corrected chi connectivity index (χ2v) is 8.11. The van der Waals surface area contributed by atoms with Crippen molar-refractivity contribution >= 4 is 28.9 Å². The van der Waals surface area contributed by atoms with Crippen LogP contribution >= 0.6 is 11.8 Å². The number of hydrogen-bond donors (Lipinski definition) is 0. The van der Waals surface area contributed by atoms with E-state index in [2.05, 4.69) is 39.3 Å². The molecule has 7 heteroatoms. The fourth-order valence-corrected chi connectivity index (χ4v) is 4.93. The molecule has 0 aliphatic carbocycles. The molecule has 1 amide bonds. The number of aromatic nitrogens is 1. The van der Waals surface area contributed by atoms with E-state index >= 15 is 0 Å². The first kappa shape index (κ1) is 16.8. The van der Waals surface area contributed by atoms with Gasteiger partial charge < -0.3 is 14.2 Å². The second kappa shape index (κ2) is 6.35. The second-order valence-electron chi connectivity index (χ2n) is 7.10. The number of ether oxygens (including phenoxy) is 1. The van der Waals surface area contributed by atoms with Gasteiger partial charge >= 0.3 is 0 Å². The molecule has 4 heterocycles. The number of aryl methyl sites for hydroxylation is 1. The summed E-state index contributed by atoms with van der Waals surface area (Å²) in [6.45, 7) is 4.16. The van der Waals surface area contributed by atoms with Crippen molar-refractivity contribution in [3.05, 3.63) is 57.8 Å². The highest BCUT2D eigenvalue weighted by Gasteiger charge is 2.43. The Kier molecular flexibility index (Phi) is 3.94. The zero-order chi connectivity index (χ0) is 18.4. The number of fused-ring (bicyclic) bond motifs is 2. The molecular formula is C20H19N3O3S. The molecule has 2 aromatic rings. The van der Waals surface area contributed by atoms with Crippen LogP contribution in [0.3, 0.4) is 0 Å². The molecule has 1 fully saturated rings. The minimum atomic E-state index is -0.210. The Balaban J connectivity index is 1.29. The number of likely N-dealkylation sites (tertiary alicyclic amines) is 1. The van der Waals surface area contributed by atoms with Gasteiger partial charge in [0.2, 0.25) is 0 Å². The first-order valence-corrected chi connectivity index (χ1v) is 9.88. The van der Waals surface area contributed by atoms with Crippen LogP contribution in [0, 0.1) is 6.92 Å². The van der Waals surface area contributed by atoms with Gasteiger partial charge in [0.15, 0.2) is 5.17 Å². The Hall–Kier alpha value is -2.38. The molecule has 1 aromatic heterocycles. The number of amides is 1. The van der Waals surface area contributed by atoms with Crippen molar-refractivity contribution in [2.45, 2.75) is 32.0 Å². The average molecular weight is 381 g/mol. The molecule has 0 radical (unpaired) electrons. The SMILES string of the molecule is Cc1cc(C=C2SC(N3CCC4(CC3)OCc3ccccc34)=NC2=O)no1. The number of carbonyl (C=O) groups excluding carboxylic acids is 1. The van der Waals surface area contributed by atoms with Crippen molar-refractivity contribution in [2.75, 3.05) is 13.1 Å².